The number of rotatable bonds is 3. The van der Waals surface area contributed by atoms with E-state index in [9.17, 15) is 13.2 Å². The summed E-state index contributed by atoms with van der Waals surface area (Å²) in [4.78, 5) is 12.0. The summed E-state index contributed by atoms with van der Waals surface area (Å²) in [6.45, 7) is 1.71. The topological polar surface area (TPSA) is 81.1 Å². The summed E-state index contributed by atoms with van der Waals surface area (Å²) >= 11 is 5.95. The molecule has 0 fully saturated rings. The molecule has 0 aliphatic carbocycles. The number of carbonyl (C=O) groups is 1. The number of nitrogens with one attached hydrogen (secondary N) is 1. The molecule has 1 amide bonds. The van der Waals surface area contributed by atoms with E-state index in [1.54, 1.807) is 20.2 Å². The highest BCUT2D eigenvalue weighted by molar-refractivity contribution is 8.13. The van der Waals surface area contributed by atoms with Crippen molar-refractivity contribution in [1.29, 1.82) is 0 Å². The van der Waals surface area contributed by atoms with Gasteiger partial charge in [-0.1, -0.05) is 11.6 Å². The van der Waals surface area contributed by atoms with Gasteiger partial charge in [0.25, 0.3) is 15.0 Å². The average Bonchev–Trinajstić information content (AvgIpc) is 2.69. The minimum Gasteiger partial charge on any atom is -0.321 e. The monoisotopic (exact) mass is 347 g/mol. The Labute approximate surface area is 131 Å². The molecule has 0 radical (unpaired) electrons. The second-order valence-corrected chi connectivity index (χ2v) is 7.31. The van der Waals surface area contributed by atoms with Crippen LogP contribution in [-0.4, -0.2) is 24.1 Å². The van der Waals surface area contributed by atoms with Crippen molar-refractivity contribution in [2.45, 2.75) is 11.8 Å². The van der Waals surface area contributed by atoms with Crippen LogP contribution in [0, 0.1) is 6.92 Å². The van der Waals surface area contributed by atoms with Crippen LogP contribution < -0.4 is 5.32 Å². The third-order valence-electron chi connectivity index (χ3n) is 2.73. The third kappa shape index (κ3) is 3.55. The summed E-state index contributed by atoms with van der Waals surface area (Å²) in [5.41, 5.74) is 1.27. The van der Waals surface area contributed by atoms with Crippen LogP contribution in [0.15, 0.2) is 29.3 Å². The first-order chi connectivity index (χ1) is 9.68. The summed E-state index contributed by atoms with van der Waals surface area (Å²) in [6, 6.07) is 3.82. The maximum absolute atomic E-state index is 12.1. The lowest BCUT2D eigenvalue weighted by molar-refractivity contribution is 0.102. The number of halogens is 2. The van der Waals surface area contributed by atoms with E-state index in [-0.39, 0.29) is 21.5 Å². The maximum Gasteiger partial charge on any atom is 0.261 e. The normalized spacial score (nSPS) is 11.4. The Morgan fingerprint density at radius 3 is 2.52 bits per heavy atom. The highest BCUT2D eigenvalue weighted by atomic mass is 35.7. The molecule has 1 aromatic heterocycles. The van der Waals surface area contributed by atoms with Gasteiger partial charge in [-0.25, -0.2) is 8.42 Å². The minimum absolute atomic E-state index is 0.0756. The Hall–Kier alpha value is -1.57. The first-order valence-corrected chi connectivity index (χ1v) is 8.43. The number of benzene rings is 1. The van der Waals surface area contributed by atoms with Gasteiger partial charge in [-0.05, 0) is 25.1 Å². The summed E-state index contributed by atoms with van der Waals surface area (Å²) < 4.78 is 23.9. The molecule has 0 unspecified atom stereocenters. The molecule has 1 heterocycles. The smallest absolute Gasteiger partial charge is 0.261 e. The van der Waals surface area contributed by atoms with E-state index in [2.05, 4.69) is 10.4 Å². The fourth-order valence-corrected chi connectivity index (χ4v) is 2.83. The molecule has 0 aliphatic heterocycles. The maximum atomic E-state index is 12.1. The third-order valence-corrected chi connectivity index (χ3v) is 4.39. The van der Waals surface area contributed by atoms with Gasteiger partial charge in [-0.15, -0.1) is 0 Å². The van der Waals surface area contributed by atoms with Crippen LogP contribution in [0.3, 0.4) is 0 Å². The number of carbonyl (C=O) groups excluding carboxylic acids is 1. The lowest BCUT2D eigenvalue weighted by Gasteiger charge is -2.07. The number of aromatic nitrogens is 2. The number of nitrogens with zero attached hydrogens (tertiary/aromatic N) is 2. The van der Waals surface area contributed by atoms with Gasteiger partial charge in [0, 0.05) is 23.9 Å². The fraction of sp³-hybridized carbons (Fsp3) is 0.167. The molecule has 112 valence electrons. The molecule has 21 heavy (non-hydrogen) atoms. The first kappa shape index (κ1) is 15.8. The molecule has 0 bridgehead atoms. The molecule has 0 spiro atoms. The molecule has 6 nitrogen and oxygen atoms in total. The molecule has 2 aromatic rings. The van der Waals surface area contributed by atoms with Crippen LogP contribution in [0.4, 0.5) is 5.69 Å². The summed E-state index contributed by atoms with van der Waals surface area (Å²) in [6.07, 6.45) is 1.58. The van der Waals surface area contributed by atoms with Crippen LogP contribution >= 0.6 is 22.3 Å². The van der Waals surface area contributed by atoms with Crippen molar-refractivity contribution in [1.82, 2.24) is 9.78 Å². The quantitative estimate of drug-likeness (QED) is 0.865. The first-order valence-electron chi connectivity index (χ1n) is 5.74. The van der Waals surface area contributed by atoms with Gasteiger partial charge in [0.2, 0.25) is 0 Å². The summed E-state index contributed by atoms with van der Waals surface area (Å²) in [5, 5.41) is 6.74. The zero-order valence-corrected chi connectivity index (χ0v) is 13.4. The van der Waals surface area contributed by atoms with E-state index < -0.39 is 9.05 Å². The molecular weight excluding hydrogens is 337 g/mol. The molecule has 0 aliphatic rings. The molecule has 9 heteroatoms. The Morgan fingerprint density at radius 1 is 1.38 bits per heavy atom. The van der Waals surface area contributed by atoms with Gasteiger partial charge in [0.05, 0.1) is 26.9 Å². The van der Waals surface area contributed by atoms with Crippen molar-refractivity contribution in [2.24, 2.45) is 7.05 Å². The molecule has 1 aromatic carbocycles. The zero-order valence-electron chi connectivity index (χ0n) is 11.1. The van der Waals surface area contributed by atoms with Crippen molar-refractivity contribution < 1.29 is 13.2 Å². The van der Waals surface area contributed by atoms with Crippen molar-refractivity contribution in [3.63, 3.8) is 0 Å². The summed E-state index contributed by atoms with van der Waals surface area (Å²) in [7, 11) is 3.06. The molecule has 1 N–H and O–H groups in total. The van der Waals surface area contributed by atoms with Crippen LogP contribution in [0.1, 0.15) is 16.1 Å². The highest BCUT2D eigenvalue weighted by Crippen LogP contribution is 2.27. The number of hydrogen-bond acceptors (Lipinski definition) is 4. The molecule has 2 rings (SSSR count). The van der Waals surface area contributed by atoms with Gasteiger partial charge >= 0.3 is 0 Å². The molecular formula is C12H11Cl2N3O3S. The predicted molar refractivity (Wildman–Crippen MR) is 80.4 cm³/mol. The highest BCUT2D eigenvalue weighted by Gasteiger charge is 2.16. The van der Waals surface area contributed by atoms with E-state index in [4.69, 9.17) is 22.3 Å². The SMILES string of the molecule is Cc1nn(C)cc1C(=O)Nc1ccc(S(=O)(=O)Cl)cc1Cl. The van der Waals surface area contributed by atoms with Gasteiger partial charge < -0.3 is 5.32 Å². The second-order valence-electron chi connectivity index (χ2n) is 4.34. The zero-order chi connectivity index (χ0) is 15.8. The molecule has 0 atom stereocenters. The fourth-order valence-electron chi connectivity index (χ4n) is 1.76. The lowest BCUT2D eigenvalue weighted by Crippen LogP contribution is -2.12. The van der Waals surface area contributed by atoms with Gasteiger partial charge in [0.15, 0.2) is 0 Å². The van der Waals surface area contributed by atoms with Crippen molar-refractivity contribution >= 4 is 42.9 Å². The van der Waals surface area contributed by atoms with E-state index in [1.807, 2.05) is 0 Å². The van der Waals surface area contributed by atoms with Gasteiger partial charge in [0.1, 0.15) is 0 Å². The van der Waals surface area contributed by atoms with Crippen LogP contribution in [0.5, 0.6) is 0 Å². The van der Waals surface area contributed by atoms with Crippen LogP contribution in [0.2, 0.25) is 5.02 Å². The molecule has 0 saturated carbocycles. The lowest BCUT2D eigenvalue weighted by atomic mass is 10.2. The largest absolute Gasteiger partial charge is 0.321 e. The Bertz CT molecular complexity index is 815. The van der Waals surface area contributed by atoms with Crippen molar-refractivity contribution in [3.05, 3.63) is 40.7 Å². The Balaban J connectivity index is 2.28. The summed E-state index contributed by atoms with van der Waals surface area (Å²) in [5.74, 6) is -0.385. The van der Waals surface area contributed by atoms with E-state index in [0.29, 0.717) is 11.3 Å². The Kier molecular flexibility index (Phi) is 4.27. The van der Waals surface area contributed by atoms with E-state index in [0.717, 1.165) is 0 Å². The number of amides is 1. The Morgan fingerprint density at radius 2 is 2.05 bits per heavy atom. The predicted octanol–water partition coefficient (Wildman–Crippen LogP) is 2.56. The average molecular weight is 348 g/mol. The van der Waals surface area contributed by atoms with Gasteiger partial charge in [-0.2, -0.15) is 5.10 Å². The molecule has 0 saturated heterocycles. The van der Waals surface area contributed by atoms with Crippen molar-refractivity contribution in [2.75, 3.05) is 5.32 Å². The minimum atomic E-state index is -3.86. The number of anilines is 1. The van der Waals surface area contributed by atoms with Gasteiger partial charge in [-0.3, -0.25) is 9.48 Å². The van der Waals surface area contributed by atoms with Crippen LogP contribution in [-0.2, 0) is 16.1 Å². The van der Waals surface area contributed by atoms with Crippen molar-refractivity contribution in [3.8, 4) is 0 Å². The van der Waals surface area contributed by atoms with E-state index in [1.165, 1.54) is 22.9 Å². The number of aryl methyl sites for hydroxylation is 2. The number of hydrogen-bond donors (Lipinski definition) is 1. The van der Waals surface area contributed by atoms with Crippen LogP contribution in [0.25, 0.3) is 0 Å². The second kappa shape index (κ2) is 5.67. The standard InChI is InChI=1S/C12H11Cl2N3O3S/c1-7-9(6-17(2)16-7)12(18)15-11-4-3-8(5-10(11)13)21(14,19)20/h3-6H,1-2H3,(H,15,18). The van der Waals surface area contributed by atoms with E-state index >= 15 is 0 Å².